The molecule has 0 aliphatic rings. The Bertz CT molecular complexity index is 826. The van der Waals surface area contributed by atoms with E-state index >= 15 is 0 Å². The van der Waals surface area contributed by atoms with Crippen LogP contribution < -0.4 is 5.73 Å². The summed E-state index contributed by atoms with van der Waals surface area (Å²) in [4.78, 5) is 9.00. The van der Waals surface area contributed by atoms with E-state index in [4.69, 9.17) is 11.0 Å². The van der Waals surface area contributed by atoms with E-state index in [1.807, 2.05) is 47.9 Å². The summed E-state index contributed by atoms with van der Waals surface area (Å²) in [7, 11) is 0. The highest BCUT2D eigenvalue weighted by Gasteiger charge is 2.13. The number of nitrogens with zero attached hydrogens (tertiary/aromatic N) is 4. The molecule has 2 N–H and O–H groups in total. The Hall–Kier alpha value is -2.87. The number of rotatable bonds is 2. The molecule has 0 amide bonds. The Morgan fingerprint density at radius 1 is 1.20 bits per heavy atom. The van der Waals surface area contributed by atoms with Gasteiger partial charge >= 0.3 is 0 Å². The second-order valence-electron chi connectivity index (χ2n) is 4.53. The number of nitrogens with two attached hydrogens (primary N) is 1. The second-order valence-corrected chi connectivity index (χ2v) is 4.53. The molecule has 3 rings (SSSR count). The zero-order chi connectivity index (χ0) is 14.1. The first kappa shape index (κ1) is 12.2. The van der Waals surface area contributed by atoms with Crippen LogP contribution in [-0.2, 0) is 6.42 Å². The van der Waals surface area contributed by atoms with E-state index in [0.717, 1.165) is 22.5 Å². The second kappa shape index (κ2) is 4.67. The lowest BCUT2D eigenvalue weighted by Gasteiger charge is -2.08. The van der Waals surface area contributed by atoms with E-state index < -0.39 is 0 Å². The molecule has 0 spiro atoms. The first-order valence-electron chi connectivity index (χ1n) is 6.27. The SMILES string of the molecule is Cc1nc(-n2c(CC#N)nc3ccccc32)ccc1N. The van der Waals surface area contributed by atoms with Crippen molar-refractivity contribution < 1.29 is 0 Å². The zero-order valence-electron chi connectivity index (χ0n) is 11.0. The molecule has 0 fully saturated rings. The third-order valence-electron chi connectivity index (χ3n) is 3.21. The summed E-state index contributed by atoms with van der Waals surface area (Å²) in [6.07, 6.45) is 0.236. The van der Waals surface area contributed by atoms with Crippen molar-refractivity contribution in [2.75, 3.05) is 5.73 Å². The molecule has 0 radical (unpaired) electrons. The van der Waals surface area contributed by atoms with E-state index in [-0.39, 0.29) is 6.42 Å². The number of aromatic nitrogens is 3. The quantitative estimate of drug-likeness (QED) is 0.769. The zero-order valence-corrected chi connectivity index (χ0v) is 11.0. The Morgan fingerprint density at radius 2 is 2.00 bits per heavy atom. The van der Waals surface area contributed by atoms with Crippen LogP contribution in [0.15, 0.2) is 36.4 Å². The topological polar surface area (TPSA) is 80.5 Å². The van der Waals surface area contributed by atoms with Crippen LogP contribution in [0.25, 0.3) is 16.9 Å². The van der Waals surface area contributed by atoms with Gasteiger partial charge in [-0.2, -0.15) is 5.26 Å². The van der Waals surface area contributed by atoms with Gasteiger partial charge in [-0.15, -0.1) is 0 Å². The molecule has 0 atom stereocenters. The monoisotopic (exact) mass is 263 g/mol. The lowest BCUT2D eigenvalue weighted by atomic mass is 10.3. The third kappa shape index (κ3) is 1.88. The van der Waals surface area contributed by atoms with Gasteiger partial charge in [0.05, 0.1) is 34.9 Å². The van der Waals surface area contributed by atoms with Gasteiger partial charge in [0.1, 0.15) is 11.6 Å². The van der Waals surface area contributed by atoms with Gasteiger partial charge in [0.2, 0.25) is 0 Å². The lowest BCUT2D eigenvalue weighted by molar-refractivity contribution is 0.915. The first-order chi connectivity index (χ1) is 9.70. The summed E-state index contributed by atoms with van der Waals surface area (Å²) in [5, 5.41) is 8.97. The van der Waals surface area contributed by atoms with Crippen molar-refractivity contribution in [1.82, 2.24) is 14.5 Å². The predicted molar refractivity (Wildman–Crippen MR) is 77.3 cm³/mol. The molecule has 0 aliphatic carbocycles. The minimum absolute atomic E-state index is 0.236. The summed E-state index contributed by atoms with van der Waals surface area (Å²) in [5.74, 6) is 1.42. The number of nitriles is 1. The van der Waals surface area contributed by atoms with E-state index in [1.165, 1.54) is 0 Å². The molecule has 0 saturated heterocycles. The van der Waals surface area contributed by atoms with Gasteiger partial charge in [-0.1, -0.05) is 12.1 Å². The maximum Gasteiger partial charge on any atom is 0.139 e. The molecule has 3 aromatic rings. The Kier molecular flexibility index (Phi) is 2.84. The van der Waals surface area contributed by atoms with Crippen LogP contribution in [0.3, 0.4) is 0 Å². The van der Waals surface area contributed by atoms with Crippen molar-refractivity contribution in [2.24, 2.45) is 0 Å². The van der Waals surface area contributed by atoms with E-state index in [1.54, 1.807) is 0 Å². The summed E-state index contributed by atoms with van der Waals surface area (Å²) in [5.41, 5.74) is 9.03. The van der Waals surface area contributed by atoms with Gasteiger partial charge in [0, 0.05) is 0 Å². The molecule has 0 saturated carbocycles. The highest BCUT2D eigenvalue weighted by Crippen LogP contribution is 2.22. The van der Waals surface area contributed by atoms with Crippen molar-refractivity contribution in [3.05, 3.63) is 47.9 Å². The van der Waals surface area contributed by atoms with Gasteiger partial charge < -0.3 is 5.73 Å². The van der Waals surface area contributed by atoms with Gasteiger partial charge in [0.25, 0.3) is 0 Å². The fraction of sp³-hybridized carbons (Fsp3) is 0.133. The van der Waals surface area contributed by atoms with Crippen molar-refractivity contribution in [2.45, 2.75) is 13.3 Å². The van der Waals surface area contributed by atoms with Gasteiger partial charge in [-0.25, -0.2) is 9.97 Å². The van der Waals surface area contributed by atoms with E-state index in [2.05, 4.69) is 16.0 Å². The number of fused-ring (bicyclic) bond motifs is 1. The minimum Gasteiger partial charge on any atom is -0.397 e. The highest BCUT2D eigenvalue weighted by molar-refractivity contribution is 5.78. The maximum atomic E-state index is 8.97. The van der Waals surface area contributed by atoms with Gasteiger partial charge in [-0.05, 0) is 31.2 Å². The van der Waals surface area contributed by atoms with Gasteiger partial charge in [0.15, 0.2) is 0 Å². The van der Waals surface area contributed by atoms with Crippen LogP contribution in [0.2, 0.25) is 0 Å². The standard InChI is InChI=1S/C15H13N5/c1-10-11(17)6-7-14(18-10)20-13-5-3-2-4-12(13)19-15(20)8-9-16/h2-7H,8,17H2,1H3. The van der Waals surface area contributed by atoms with Crippen molar-refractivity contribution >= 4 is 16.7 Å². The van der Waals surface area contributed by atoms with Crippen LogP contribution in [0.5, 0.6) is 0 Å². The number of hydrogen-bond donors (Lipinski definition) is 1. The molecule has 0 aliphatic heterocycles. The molecule has 98 valence electrons. The average Bonchev–Trinajstić information content (AvgIpc) is 2.80. The van der Waals surface area contributed by atoms with Crippen LogP contribution >= 0.6 is 0 Å². The van der Waals surface area contributed by atoms with Crippen molar-refractivity contribution in [3.8, 4) is 11.9 Å². The molecular formula is C15H13N5. The van der Waals surface area contributed by atoms with Crippen LogP contribution in [-0.4, -0.2) is 14.5 Å². The number of nitrogen functional groups attached to an aromatic ring is 1. The number of imidazole rings is 1. The number of para-hydroxylation sites is 2. The van der Waals surface area contributed by atoms with Crippen LogP contribution in [0.1, 0.15) is 11.5 Å². The van der Waals surface area contributed by atoms with Crippen LogP contribution in [0.4, 0.5) is 5.69 Å². The van der Waals surface area contributed by atoms with Crippen molar-refractivity contribution in [3.63, 3.8) is 0 Å². The van der Waals surface area contributed by atoms with E-state index in [0.29, 0.717) is 11.5 Å². The number of benzene rings is 1. The smallest absolute Gasteiger partial charge is 0.139 e. The number of pyridine rings is 1. The molecule has 20 heavy (non-hydrogen) atoms. The molecule has 2 heterocycles. The Labute approximate surface area is 116 Å². The fourth-order valence-corrected chi connectivity index (χ4v) is 2.20. The number of aryl methyl sites for hydroxylation is 1. The number of anilines is 1. The largest absolute Gasteiger partial charge is 0.397 e. The fourth-order valence-electron chi connectivity index (χ4n) is 2.20. The molecule has 5 nitrogen and oxygen atoms in total. The van der Waals surface area contributed by atoms with Crippen molar-refractivity contribution in [1.29, 1.82) is 5.26 Å². The predicted octanol–water partition coefficient (Wildman–Crippen LogP) is 2.38. The van der Waals surface area contributed by atoms with E-state index in [9.17, 15) is 0 Å². The highest BCUT2D eigenvalue weighted by atomic mass is 15.1. The Morgan fingerprint density at radius 3 is 2.75 bits per heavy atom. The third-order valence-corrected chi connectivity index (χ3v) is 3.21. The maximum absolute atomic E-state index is 8.97. The number of hydrogen-bond acceptors (Lipinski definition) is 4. The average molecular weight is 263 g/mol. The summed E-state index contributed by atoms with van der Waals surface area (Å²) < 4.78 is 1.91. The van der Waals surface area contributed by atoms with Gasteiger partial charge in [-0.3, -0.25) is 4.57 Å². The summed E-state index contributed by atoms with van der Waals surface area (Å²) in [6.45, 7) is 1.86. The first-order valence-corrected chi connectivity index (χ1v) is 6.27. The molecule has 2 aromatic heterocycles. The molecule has 0 unspecified atom stereocenters. The molecule has 0 bridgehead atoms. The lowest BCUT2D eigenvalue weighted by Crippen LogP contribution is -2.05. The molecular weight excluding hydrogens is 250 g/mol. The Balaban J connectivity index is 2.30. The minimum atomic E-state index is 0.236. The summed E-state index contributed by atoms with van der Waals surface area (Å²) >= 11 is 0. The van der Waals surface area contributed by atoms with Crippen LogP contribution in [0, 0.1) is 18.3 Å². The normalized spacial score (nSPS) is 10.6. The molecule has 1 aromatic carbocycles. The summed E-state index contributed by atoms with van der Waals surface area (Å²) in [6, 6.07) is 13.6. The molecule has 5 heteroatoms.